The van der Waals surface area contributed by atoms with Gasteiger partial charge in [0.2, 0.25) is 0 Å². The number of fused-ring (bicyclic) bond motifs is 1. The molecular formula is C18H19NO5. The lowest BCUT2D eigenvalue weighted by Crippen LogP contribution is -2.38. The molecule has 24 heavy (non-hydrogen) atoms. The maximum Gasteiger partial charge on any atom is 0.422 e. The van der Waals surface area contributed by atoms with Gasteiger partial charge in [-0.2, -0.15) is 0 Å². The first kappa shape index (κ1) is 17.5. The monoisotopic (exact) mass is 329 g/mol. The third-order valence-electron chi connectivity index (χ3n) is 3.14. The van der Waals surface area contributed by atoms with Crippen molar-refractivity contribution in [3.63, 3.8) is 0 Å². The van der Waals surface area contributed by atoms with Crippen LogP contribution in [0.1, 0.15) is 26.3 Å². The van der Waals surface area contributed by atoms with Gasteiger partial charge < -0.3 is 9.47 Å². The molecule has 2 rings (SSSR count). The van der Waals surface area contributed by atoms with Crippen LogP contribution in [0.25, 0.3) is 5.57 Å². The molecule has 0 aliphatic carbocycles. The number of ether oxygens (including phenoxy) is 2. The molecule has 126 valence electrons. The summed E-state index contributed by atoms with van der Waals surface area (Å²) < 4.78 is 9.81. The SMILES string of the molecule is COC(=O)/C=C/C=C1/C(=O)N(C(=O)OC(C)(C)C)c2ccccc21. The van der Waals surface area contributed by atoms with Crippen molar-refractivity contribution in [3.05, 3.63) is 48.1 Å². The molecule has 2 amide bonds. The number of para-hydroxylation sites is 1. The van der Waals surface area contributed by atoms with Crippen LogP contribution in [-0.2, 0) is 19.1 Å². The van der Waals surface area contributed by atoms with Crippen LogP contribution in [0.4, 0.5) is 10.5 Å². The van der Waals surface area contributed by atoms with Crippen LogP contribution >= 0.6 is 0 Å². The average molecular weight is 329 g/mol. The number of nitrogens with zero attached hydrogens (tertiary/aromatic N) is 1. The van der Waals surface area contributed by atoms with Crippen LogP contribution in [0.15, 0.2) is 42.5 Å². The van der Waals surface area contributed by atoms with Gasteiger partial charge in [-0.25, -0.2) is 14.5 Å². The largest absolute Gasteiger partial charge is 0.466 e. The highest BCUT2D eigenvalue weighted by Crippen LogP contribution is 2.37. The second-order valence-electron chi connectivity index (χ2n) is 6.10. The van der Waals surface area contributed by atoms with E-state index in [1.807, 2.05) is 0 Å². The van der Waals surface area contributed by atoms with Crippen LogP contribution in [0.3, 0.4) is 0 Å². The molecule has 0 saturated carbocycles. The second-order valence-corrected chi connectivity index (χ2v) is 6.10. The molecule has 0 spiro atoms. The van der Waals surface area contributed by atoms with Crippen molar-refractivity contribution in [1.82, 2.24) is 0 Å². The number of allylic oxidation sites excluding steroid dienone is 2. The normalized spacial score (nSPS) is 15.8. The van der Waals surface area contributed by atoms with Gasteiger partial charge in [0.1, 0.15) is 5.60 Å². The molecule has 6 heteroatoms. The fourth-order valence-corrected chi connectivity index (χ4v) is 2.18. The Labute approximate surface area is 140 Å². The number of amides is 2. The quantitative estimate of drug-likeness (QED) is 0.616. The first-order valence-corrected chi connectivity index (χ1v) is 7.38. The summed E-state index contributed by atoms with van der Waals surface area (Å²) in [6.07, 6.45) is 3.34. The van der Waals surface area contributed by atoms with Crippen molar-refractivity contribution in [1.29, 1.82) is 0 Å². The summed E-state index contributed by atoms with van der Waals surface area (Å²) in [6, 6.07) is 6.90. The number of hydrogen-bond donors (Lipinski definition) is 0. The summed E-state index contributed by atoms with van der Waals surface area (Å²) >= 11 is 0. The zero-order valence-electron chi connectivity index (χ0n) is 14.0. The van der Waals surface area contributed by atoms with Crippen molar-refractivity contribution in [2.45, 2.75) is 26.4 Å². The molecule has 0 atom stereocenters. The van der Waals surface area contributed by atoms with Gasteiger partial charge in [-0.15, -0.1) is 0 Å². The van der Waals surface area contributed by atoms with E-state index in [0.717, 1.165) is 4.90 Å². The van der Waals surface area contributed by atoms with Gasteiger partial charge in [0, 0.05) is 17.2 Å². The van der Waals surface area contributed by atoms with E-state index in [2.05, 4.69) is 4.74 Å². The molecule has 1 aromatic carbocycles. The van der Waals surface area contributed by atoms with Crippen LogP contribution in [0, 0.1) is 0 Å². The van der Waals surface area contributed by atoms with Crippen LogP contribution in [0.5, 0.6) is 0 Å². The highest BCUT2D eigenvalue weighted by Gasteiger charge is 2.38. The zero-order valence-corrected chi connectivity index (χ0v) is 14.0. The predicted molar refractivity (Wildman–Crippen MR) is 89.3 cm³/mol. The minimum Gasteiger partial charge on any atom is -0.466 e. The maximum atomic E-state index is 12.6. The highest BCUT2D eigenvalue weighted by atomic mass is 16.6. The molecule has 1 aliphatic rings. The molecule has 1 aromatic rings. The third kappa shape index (κ3) is 3.71. The fraction of sp³-hybridized carbons (Fsp3) is 0.278. The van der Waals surface area contributed by atoms with Crippen molar-refractivity contribution in [2.75, 3.05) is 12.0 Å². The lowest BCUT2D eigenvalue weighted by atomic mass is 10.1. The Morgan fingerprint density at radius 1 is 1.17 bits per heavy atom. The maximum absolute atomic E-state index is 12.6. The molecule has 0 radical (unpaired) electrons. The smallest absolute Gasteiger partial charge is 0.422 e. The van der Waals surface area contributed by atoms with Gasteiger partial charge in [-0.05, 0) is 32.9 Å². The van der Waals surface area contributed by atoms with Gasteiger partial charge in [0.15, 0.2) is 0 Å². The van der Waals surface area contributed by atoms with Gasteiger partial charge in [0.25, 0.3) is 5.91 Å². The Hall–Kier alpha value is -2.89. The standard InChI is InChI=1S/C18H19NO5/c1-18(2,3)24-17(22)19-14-10-6-5-8-12(14)13(16(19)21)9-7-11-15(20)23-4/h5-11H,1-4H3/b11-7+,13-9+. The number of carbonyl (C=O) groups excluding carboxylic acids is 3. The van der Waals surface area contributed by atoms with Gasteiger partial charge in [-0.3, -0.25) is 4.79 Å². The Kier molecular flexibility index (Phi) is 4.87. The van der Waals surface area contributed by atoms with Crippen molar-refractivity contribution in [3.8, 4) is 0 Å². The van der Waals surface area contributed by atoms with Crippen molar-refractivity contribution in [2.24, 2.45) is 0 Å². The molecule has 0 unspecified atom stereocenters. The van der Waals surface area contributed by atoms with E-state index in [-0.39, 0.29) is 0 Å². The first-order valence-electron chi connectivity index (χ1n) is 7.38. The summed E-state index contributed by atoms with van der Waals surface area (Å²) in [5.74, 6) is -1.03. The molecule has 1 heterocycles. The van der Waals surface area contributed by atoms with Gasteiger partial charge in [-0.1, -0.05) is 24.3 Å². The highest BCUT2D eigenvalue weighted by molar-refractivity contribution is 6.39. The van der Waals surface area contributed by atoms with E-state index >= 15 is 0 Å². The van der Waals surface area contributed by atoms with Crippen LogP contribution < -0.4 is 4.90 Å². The molecule has 6 nitrogen and oxygen atoms in total. The number of carbonyl (C=O) groups is 3. The molecule has 0 N–H and O–H groups in total. The average Bonchev–Trinajstić information content (AvgIpc) is 2.78. The summed E-state index contributed by atoms with van der Waals surface area (Å²) in [7, 11) is 1.26. The van der Waals surface area contributed by atoms with E-state index in [9.17, 15) is 14.4 Å². The van der Waals surface area contributed by atoms with E-state index in [4.69, 9.17) is 4.74 Å². The third-order valence-corrected chi connectivity index (χ3v) is 3.14. The van der Waals surface area contributed by atoms with Crippen molar-refractivity contribution >= 4 is 29.2 Å². The number of anilines is 1. The summed E-state index contributed by atoms with van der Waals surface area (Å²) in [4.78, 5) is 37.1. The van der Waals surface area contributed by atoms with E-state index in [1.165, 1.54) is 25.3 Å². The number of benzene rings is 1. The Bertz CT molecular complexity index is 740. The van der Waals surface area contributed by atoms with E-state index in [1.54, 1.807) is 45.0 Å². The molecule has 0 bridgehead atoms. The number of methoxy groups -OCH3 is 1. The van der Waals surface area contributed by atoms with Crippen LogP contribution in [-0.4, -0.2) is 30.7 Å². The van der Waals surface area contributed by atoms with E-state index in [0.29, 0.717) is 16.8 Å². The Balaban J connectivity index is 2.39. The molecular weight excluding hydrogens is 310 g/mol. The molecule has 1 aliphatic heterocycles. The van der Waals surface area contributed by atoms with Gasteiger partial charge in [0.05, 0.1) is 12.8 Å². The molecule has 0 aromatic heterocycles. The number of hydrogen-bond acceptors (Lipinski definition) is 5. The summed E-state index contributed by atoms with van der Waals surface area (Å²) in [6.45, 7) is 5.19. The van der Waals surface area contributed by atoms with Crippen molar-refractivity contribution < 1.29 is 23.9 Å². The Morgan fingerprint density at radius 3 is 2.46 bits per heavy atom. The molecule has 0 fully saturated rings. The summed E-state index contributed by atoms with van der Waals surface area (Å²) in [5, 5.41) is 0. The van der Waals surface area contributed by atoms with Gasteiger partial charge >= 0.3 is 12.1 Å². The first-order chi connectivity index (χ1) is 11.2. The number of imide groups is 1. The number of esters is 1. The topological polar surface area (TPSA) is 72.9 Å². The lowest BCUT2D eigenvalue weighted by Gasteiger charge is -2.23. The number of rotatable bonds is 2. The van der Waals surface area contributed by atoms with Crippen LogP contribution in [0.2, 0.25) is 0 Å². The zero-order chi connectivity index (χ0) is 17.9. The molecule has 0 saturated heterocycles. The summed E-state index contributed by atoms with van der Waals surface area (Å²) in [5.41, 5.74) is 0.637. The predicted octanol–water partition coefficient (Wildman–Crippen LogP) is 3.08. The Morgan fingerprint density at radius 2 is 1.83 bits per heavy atom. The minimum absolute atomic E-state index is 0.302. The van der Waals surface area contributed by atoms with E-state index < -0.39 is 23.6 Å². The lowest BCUT2D eigenvalue weighted by molar-refractivity contribution is -0.134. The minimum atomic E-state index is -0.736. The second kappa shape index (κ2) is 6.70. The fourth-order valence-electron chi connectivity index (χ4n) is 2.18.